The molecule has 34 rings (SSSR count). The van der Waals surface area contributed by atoms with Gasteiger partial charge in [0.25, 0.3) is 0 Å². The predicted octanol–water partition coefficient (Wildman–Crippen LogP) is 35.7. The summed E-state index contributed by atoms with van der Waals surface area (Å²) in [5.41, 5.74) is 7.70. The van der Waals surface area contributed by atoms with Gasteiger partial charge in [-0.05, 0) is 375 Å². The van der Waals surface area contributed by atoms with E-state index in [2.05, 4.69) is 57.8 Å². The van der Waals surface area contributed by atoms with Crippen molar-refractivity contribution >= 4 is 291 Å². The zero-order valence-corrected chi connectivity index (χ0v) is 71.6. The fourth-order valence-electron chi connectivity index (χ4n) is 34.5. The van der Waals surface area contributed by atoms with Crippen LogP contribution in [0.4, 0.5) is 0 Å². The zero-order valence-electron chi connectivity index (χ0n) is 71.6. The molecule has 592 valence electrons. The number of likely N-dealkylation sites (N-methyl/N-ethyl adjacent to an activating group) is 1. The Bertz CT molecular complexity index is 8290. The number of likely N-dealkylation sites (tertiary alicyclic amines) is 1. The monoisotopic (exact) mass is 1560 g/mol. The molecule has 29 aromatic rings. The Morgan fingerprint density at radius 3 is 0.608 bits per heavy atom. The summed E-state index contributed by atoms with van der Waals surface area (Å²) in [4.78, 5) is 3.06. The third-order valence-electron chi connectivity index (χ3n) is 38.0. The van der Waals surface area contributed by atoms with E-state index in [0.29, 0.717) is 11.8 Å². The van der Waals surface area contributed by atoms with Gasteiger partial charge in [-0.25, -0.2) is 0 Å². The van der Waals surface area contributed by atoms with Crippen LogP contribution in [0.15, 0.2) is 18.2 Å². The highest BCUT2D eigenvalue weighted by molar-refractivity contribution is 6.82. The van der Waals surface area contributed by atoms with Crippen molar-refractivity contribution in [1.82, 2.24) is 4.90 Å². The summed E-state index contributed by atoms with van der Waals surface area (Å²) in [6.07, 6.45) is 54.7. The molecule has 3 nitrogen and oxygen atoms in total. The minimum absolute atomic E-state index is 0.00122. The minimum Gasteiger partial charge on any atom is -0.493 e. The highest BCUT2D eigenvalue weighted by Gasteiger charge is 2.76. The number of hydrogen-bond donors (Lipinski definition) is 0. The lowest BCUT2D eigenvalue weighted by Crippen LogP contribution is -2.51. The molecule has 3 heteroatoms. The van der Waals surface area contributed by atoms with Gasteiger partial charge in [-0.1, -0.05) is 259 Å². The fraction of sp³-hybridized carbons (Fsp3) is 0.453. The summed E-state index contributed by atoms with van der Waals surface area (Å²) in [7, 11) is 2.67. The molecule has 29 aromatic carbocycles. The maximum atomic E-state index is 7.91. The summed E-state index contributed by atoms with van der Waals surface area (Å²) in [6, 6.07) is 7.87. The van der Waals surface area contributed by atoms with Gasteiger partial charge in [0, 0.05) is 18.7 Å². The molecule has 1 fully saturated rings. The Labute approximate surface area is 698 Å². The molecule has 2 spiro atoms. The Balaban J connectivity index is 0.618. The normalized spacial score (nSPS) is 19.5. The fourth-order valence-corrected chi connectivity index (χ4v) is 34.5. The van der Waals surface area contributed by atoms with Crippen molar-refractivity contribution in [3.8, 4) is 11.5 Å². The van der Waals surface area contributed by atoms with Crippen molar-refractivity contribution in [2.45, 2.75) is 301 Å². The molecular weight excluding hydrogens is 1450 g/mol. The molecule has 0 saturated carbocycles. The number of unbranched alkanes of at least 4 members (excludes halogenated alkanes) is 32. The standard InChI is InChI=1S/C117H107NO2/c1-6-10-14-18-22-26-28-32-36-40-44-52(42-38-34-30-24-20-16-12-8-3)49-119-55-46-54(47-56(48-55)120-50-53(43-39-35-31-25-21-17-13-9-4)45-41-37-33-29-27-23-19-15-11-7-2)115-117-113-107-101-91-79-71-63-59-57-58-61-65(63)73(79)83-77-69(61)70-62(58)66-64-60(57)68-67(59)75-81(71)89-95-85(75)86-76(68)82-72(64)80-74(66)84-78(70)88-87(77)99(93(83)101)109(113)110-100(88)94(84)102-92(80)98-90(82)96(86)104-103(95)111(105(107)97(89)91)116(117,51-118(115)5)112(104)106(98)108(102)114(110)117/h46-48,52-53,115H,6-45,49-51H2,1-5H3. The van der Waals surface area contributed by atoms with Crippen LogP contribution < -0.4 is 9.47 Å². The van der Waals surface area contributed by atoms with Crippen LogP contribution in [0.3, 0.4) is 0 Å². The lowest BCUT2D eigenvalue weighted by molar-refractivity contribution is 0.212. The largest absolute Gasteiger partial charge is 0.493 e. The molecule has 0 N–H and O–H groups in total. The van der Waals surface area contributed by atoms with E-state index in [9.17, 15) is 0 Å². The molecule has 1 aliphatic heterocycles. The molecule has 0 bridgehead atoms. The summed E-state index contributed by atoms with van der Waals surface area (Å²) in [5.74, 6) is 3.21. The van der Waals surface area contributed by atoms with E-state index in [1.54, 1.807) is 313 Å². The maximum absolute atomic E-state index is 7.91. The van der Waals surface area contributed by atoms with Crippen LogP contribution in [0.1, 0.15) is 318 Å². The second-order valence-corrected chi connectivity index (χ2v) is 43.3. The van der Waals surface area contributed by atoms with E-state index in [-0.39, 0.29) is 11.5 Å². The molecule has 1 heterocycles. The molecular formula is C117H107NO2. The van der Waals surface area contributed by atoms with E-state index in [4.69, 9.17) is 9.47 Å². The average molecular weight is 1560 g/mol. The van der Waals surface area contributed by atoms with Crippen molar-refractivity contribution in [1.29, 1.82) is 0 Å². The van der Waals surface area contributed by atoms with Crippen LogP contribution in [-0.2, 0) is 10.8 Å². The molecule has 3 unspecified atom stereocenters. The molecule has 0 radical (unpaired) electrons. The Morgan fingerprint density at radius 2 is 0.408 bits per heavy atom. The number of benzene rings is 19. The third-order valence-corrected chi connectivity index (χ3v) is 38.0. The van der Waals surface area contributed by atoms with Gasteiger partial charge in [0.05, 0.1) is 24.0 Å². The lowest BCUT2D eigenvalue weighted by atomic mass is 9.47. The molecule has 120 heavy (non-hydrogen) atoms. The van der Waals surface area contributed by atoms with Crippen LogP contribution in [0.2, 0.25) is 0 Å². The molecule has 4 aliphatic carbocycles. The van der Waals surface area contributed by atoms with E-state index in [1.165, 1.54) is 262 Å². The first kappa shape index (κ1) is 65.9. The van der Waals surface area contributed by atoms with Gasteiger partial charge in [-0.15, -0.1) is 0 Å². The van der Waals surface area contributed by atoms with Gasteiger partial charge >= 0.3 is 0 Å². The highest BCUT2D eigenvalue weighted by Crippen LogP contribution is 2.87. The first-order valence-electron chi connectivity index (χ1n) is 50.4. The number of rotatable bonds is 47. The smallest absolute Gasteiger partial charge is 0.123 e. The van der Waals surface area contributed by atoms with E-state index in [1.807, 2.05) is 0 Å². The zero-order chi connectivity index (χ0) is 77.5. The number of nitrogens with zero attached hydrogens (tertiary/aromatic N) is 1. The summed E-state index contributed by atoms with van der Waals surface area (Å²) < 4.78 is 15.8. The Morgan fingerprint density at radius 1 is 0.233 bits per heavy atom. The van der Waals surface area contributed by atoms with Crippen LogP contribution in [0.25, 0.3) is 291 Å². The minimum atomic E-state index is -0.466. The second kappa shape index (κ2) is 21.7. The SMILES string of the molecule is CCCCCCCCCCCCC(CCCCCCCCCC)COc1cc(OCC(CCCCCCCCCC)CCCCCCCCCCCC)cc(C2N(C)CC34c5c6c7c8c9c%10c(c%11c%12c3c3c5c5c%13c6c6c7c7c9c9c%14c%10c%10c%11c%11c%12c%12c3c3c5c5c%13c%13c6c6c7c9c7c9c%14c%10c%10c%11c%11c%12c3c3c5c5c%13c6c7c6c9c%10c%11c3c56)C824)c1. The molecule has 0 aromatic heterocycles. The first-order chi connectivity index (χ1) is 59.6. The van der Waals surface area contributed by atoms with Crippen LogP contribution in [-0.4, -0.2) is 31.7 Å². The second-order valence-electron chi connectivity index (χ2n) is 43.3. The summed E-state index contributed by atoms with van der Waals surface area (Å²) in [5, 5.41) is 90.7. The quantitative estimate of drug-likeness (QED) is 0.0280. The van der Waals surface area contributed by atoms with Gasteiger partial charge in [0.2, 0.25) is 0 Å². The van der Waals surface area contributed by atoms with Gasteiger partial charge in [0.1, 0.15) is 11.5 Å². The van der Waals surface area contributed by atoms with Gasteiger partial charge in [-0.3, -0.25) is 4.90 Å². The molecule has 1 saturated heterocycles. The first-order valence-corrected chi connectivity index (χ1v) is 50.4. The van der Waals surface area contributed by atoms with Crippen LogP contribution >= 0.6 is 0 Å². The number of ether oxygens (including phenoxy) is 2. The number of hydrogen-bond acceptors (Lipinski definition) is 3. The van der Waals surface area contributed by atoms with Crippen molar-refractivity contribution in [2.24, 2.45) is 11.8 Å². The van der Waals surface area contributed by atoms with Gasteiger partial charge in [-0.2, -0.15) is 0 Å². The predicted molar refractivity (Wildman–Crippen MR) is 521 cm³/mol. The average Bonchev–Trinajstić information content (AvgIpc) is 1.38. The van der Waals surface area contributed by atoms with E-state index >= 15 is 0 Å². The maximum Gasteiger partial charge on any atom is 0.123 e. The molecule has 0 amide bonds. The van der Waals surface area contributed by atoms with Crippen molar-refractivity contribution in [3.05, 3.63) is 46.0 Å². The van der Waals surface area contributed by atoms with Crippen molar-refractivity contribution in [2.75, 3.05) is 26.8 Å². The van der Waals surface area contributed by atoms with Gasteiger partial charge < -0.3 is 9.47 Å². The molecule has 3 atom stereocenters. The van der Waals surface area contributed by atoms with E-state index in [0.717, 1.165) is 31.3 Å². The topological polar surface area (TPSA) is 21.7 Å². The summed E-state index contributed by atoms with van der Waals surface area (Å²) in [6.45, 7) is 12.0. The van der Waals surface area contributed by atoms with Crippen LogP contribution in [0.5, 0.6) is 11.5 Å². The molecule has 5 aliphatic rings. The van der Waals surface area contributed by atoms with Crippen LogP contribution in [0, 0.1) is 11.8 Å². The Hall–Kier alpha value is -8.76. The van der Waals surface area contributed by atoms with Gasteiger partial charge in [0.15, 0.2) is 0 Å². The third kappa shape index (κ3) is 6.34. The van der Waals surface area contributed by atoms with E-state index < -0.39 is 5.41 Å². The van der Waals surface area contributed by atoms with Crippen molar-refractivity contribution < 1.29 is 9.47 Å². The highest BCUT2D eigenvalue weighted by atomic mass is 16.5. The lowest BCUT2D eigenvalue weighted by Gasteiger charge is -2.52. The summed E-state index contributed by atoms with van der Waals surface area (Å²) >= 11 is 0. The Kier molecular flexibility index (Phi) is 11.9. The van der Waals surface area contributed by atoms with Crippen molar-refractivity contribution in [3.63, 3.8) is 0 Å².